The lowest BCUT2D eigenvalue weighted by atomic mass is 10.0. The maximum atomic E-state index is 12.0. The molecule has 0 radical (unpaired) electrons. The fourth-order valence-corrected chi connectivity index (χ4v) is 2.96. The lowest BCUT2D eigenvalue weighted by molar-refractivity contribution is -0.133. The van der Waals surface area contributed by atoms with Crippen molar-refractivity contribution in [2.75, 3.05) is 20.2 Å². The number of hydrogen-bond acceptors (Lipinski definition) is 3. The highest BCUT2D eigenvalue weighted by molar-refractivity contribution is 9.10. The van der Waals surface area contributed by atoms with Crippen LogP contribution in [0.15, 0.2) is 28.7 Å². The molecule has 1 aliphatic rings. The Morgan fingerprint density at radius 1 is 1.33 bits per heavy atom. The molecule has 5 heteroatoms. The van der Waals surface area contributed by atoms with E-state index in [0.717, 1.165) is 35.9 Å². The second-order valence-corrected chi connectivity index (χ2v) is 6.65. The maximum absolute atomic E-state index is 12.0. The largest absolute Gasteiger partial charge is 0.493 e. The summed E-state index contributed by atoms with van der Waals surface area (Å²) < 4.78 is 6.54. The predicted octanol–water partition coefficient (Wildman–Crippen LogP) is 2.98. The first kappa shape index (κ1) is 16.3. The van der Waals surface area contributed by atoms with Crippen molar-refractivity contribution < 1.29 is 14.6 Å². The van der Waals surface area contributed by atoms with E-state index in [2.05, 4.69) is 15.9 Å². The van der Waals surface area contributed by atoms with Gasteiger partial charge in [-0.05, 0) is 37.1 Å². The fraction of sp³-hybridized carbons (Fsp3) is 0.562. The van der Waals surface area contributed by atoms with Crippen molar-refractivity contribution in [3.8, 4) is 5.75 Å². The molecule has 4 nitrogen and oxygen atoms in total. The third kappa shape index (κ3) is 5.00. The van der Waals surface area contributed by atoms with Crippen LogP contribution < -0.4 is 4.74 Å². The molecule has 0 spiro atoms. The van der Waals surface area contributed by atoms with Gasteiger partial charge in [-0.2, -0.15) is 0 Å². The van der Waals surface area contributed by atoms with Gasteiger partial charge >= 0.3 is 0 Å². The van der Waals surface area contributed by atoms with E-state index in [1.165, 1.54) is 0 Å². The summed E-state index contributed by atoms with van der Waals surface area (Å²) in [5.41, 5.74) is -0.684. The molecule has 1 N–H and O–H groups in total. The first-order valence-corrected chi connectivity index (χ1v) is 8.13. The molecule has 0 aliphatic heterocycles. The molecule has 1 fully saturated rings. The number of likely N-dealkylation sites (N-methyl/N-ethyl adjacent to an activating group) is 1. The summed E-state index contributed by atoms with van der Waals surface area (Å²) in [5, 5.41) is 10.3. The van der Waals surface area contributed by atoms with Crippen molar-refractivity contribution in [2.24, 2.45) is 0 Å². The Bertz CT molecular complexity index is 469. The van der Waals surface area contributed by atoms with E-state index in [-0.39, 0.29) is 5.91 Å². The van der Waals surface area contributed by atoms with E-state index in [9.17, 15) is 9.90 Å². The minimum Gasteiger partial charge on any atom is -0.493 e. The molecule has 1 amide bonds. The zero-order valence-electron chi connectivity index (χ0n) is 12.3. The van der Waals surface area contributed by atoms with Gasteiger partial charge in [0.25, 0.3) is 0 Å². The summed E-state index contributed by atoms with van der Waals surface area (Å²) in [6.45, 7) is 0.771. The lowest BCUT2D eigenvalue weighted by Gasteiger charge is -2.28. The van der Waals surface area contributed by atoms with E-state index in [1.807, 2.05) is 24.3 Å². The monoisotopic (exact) mass is 355 g/mol. The molecular formula is C16H22BrNO3. The van der Waals surface area contributed by atoms with Gasteiger partial charge in [-0.15, -0.1) is 0 Å². The first-order valence-electron chi connectivity index (χ1n) is 7.33. The molecular weight excluding hydrogens is 334 g/mol. The van der Waals surface area contributed by atoms with Gasteiger partial charge in [-0.1, -0.05) is 28.8 Å². The molecule has 0 aromatic heterocycles. The van der Waals surface area contributed by atoms with Crippen LogP contribution in [0.1, 0.15) is 32.1 Å². The van der Waals surface area contributed by atoms with Gasteiger partial charge in [-0.25, -0.2) is 0 Å². The number of rotatable bonds is 6. The summed E-state index contributed by atoms with van der Waals surface area (Å²) in [6, 6.07) is 7.52. The Hall–Kier alpha value is -1.07. The second-order valence-electron chi connectivity index (χ2n) is 5.73. The lowest BCUT2D eigenvalue weighted by Crippen LogP contribution is -2.42. The van der Waals surface area contributed by atoms with Crippen LogP contribution in [0.25, 0.3) is 0 Å². The topological polar surface area (TPSA) is 49.8 Å². The van der Waals surface area contributed by atoms with Crippen LogP contribution >= 0.6 is 15.9 Å². The zero-order chi connectivity index (χ0) is 15.3. The number of hydrogen-bond donors (Lipinski definition) is 1. The van der Waals surface area contributed by atoms with Gasteiger partial charge in [0.2, 0.25) is 5.91 Å². The van der Waals surface area contributed by atoms with Gasteiger partial charge in [0, 0.05) is 18.1 Å². The molecule has 21 heavy (non-hydrogen) atoms. The molecule has 1 aromatic rings. The smallest absolute Gasteiger partial charge is 0.225 e. The molecule has 116 valence electrons. The summed E-state index contributed by atoms with van der Waals surface area (Å²) in [7, 11) is 1.75. The highest BCUT2D eigenvalue weighted by Crippen LogP contribution is 2.30. The van der Waals surface area contributed by atoms with Crippen LogP contribution in [-0.2, 0) is 4.79 Å². The van der Waals surface area contributed by atoms with Gasteiger partial charge in [0.05, 0.1) is 18.6 Å². The predicted molar refractivity (Wildman–Crippen MR) is 85.3 cm³/mol. The third-order valence-electron chi connectivity index (χ3n) is 3.89. The van der Waals surface area contributed by atoms with E-state index < -0.39 is 5.60 Å². The minimum absolute atomic E-state index is 0.00689. The van der Waals surface area contributed by atoms with Crippen LogP contribution in [0.2, 0.25) is 0 Å². The van der Waals surface area contributed by atoms with Crippen molar-refractivity contribution in [3.63, 3.8) is 0 Å². The van der Waals surface area contributed by atoms with Gasteiger partial charge < -0.3 is 14.7 Å². The van der Waals surface area contributed by atoms with Crippen LogP contribution in [-0.4, -0.2) is 41.7 Å². The van der Waals surface area contributed by atoms with Crippen LogP contribution in [0, 0.1) is 0 Å². The molecule has 1 aliphatic carbocycles. The number of ether oxygens (including phenoxy) is 1. The van der Waals surface area contributed by atoms with Crippen molar-refractivity contribution in [3.05, 3.63) is 28.7 Å². The fourth-order valence-electron chi connectivity index (χ4n) is 2.70. The van der Waals surface area contributed by atoms with E-state index in [1.54, 1.807) is 11.9 Å². The number of aliphatic hydroxyl groups is 1. The second kappa shape index (κ2) is 7.27. The molecule has 0 atom stereocenters. The summed E-state index contributed by atoms with van der Waals surface area (Å²) in [5.74, 6) is 0.760. The van der Waals surface area contributed by atoms with Crippen molar-refractivity contribution >= 4 is 21.8 Å². The molecule has 2 rings (SSSR count). The average molecular weight is 356 g/mol. The van der Waals surface area contributed by atoms with Gasteiger partial charge in [0.15, 0.2) is 0 Å². The zero-order valence-corrected chi connectivity index (χ0v) is 13.9. The molecule has 0 unspecified atom stereocenters. The number of halogens is 1. The number of carbonyl (C=O) groups excluding carboxylic acids is 1. The Kier molecular flexibility index (Phi) is 5.65. The third-order valence-corrected chi connectivity index (χ3v) is 4.42. The normalized spacial score (nSPS) is 16.7. The highest BCUT2D eigenvalue weighted by atomic mass is 79.9. The first-order chi connectivity index (χ1) is 9.98. The van der Waals surface area contributed by atoms with Gasteiger partial charge in [0.1, 0.15) is 5.75 Å². The van der Waals surface area contributed by atoms with E-state index >= 15 is 0 Å². The minimum atomic E-state index is -0.684. The summed E-state index contributed by atoms with van der Waals surface area (Å²) >= 11 is 3.36. The average Bonchev–Trinajstić information content (AvgIpc) is 2.87. The van der Waals surface area contributed by atoms with E-state index in [0.29, 0.717) is 19.6 Å². The SMILES string of the molecule is CN(CC1(O)CCCC1)C(=O)CCOc1ccc(Br)cc1. The van der Waals surface area contributed by atoms with Crippen LogP contribution in [0.4, 0.5) is 0 Å². The Morgan fingerprint density at radius 3 is 2.57 bits per heavy atom. The summed E-state index contributed by atoms with van der Waals surface area (Å²) in [6.07, 6.45) is 4.00. The number of amides is 1. The maximum Gasteiger partial charge on any atom is 0.225 e. The molecule has 0 saturated heterocycles. The quantitative estimate of drug-likeness (QED) is 0.853. The number of carbonyl (C=O) groups is 1. The Labute approximate surface area is 134 Å². The van der Waals surface area contributed by atoms with Crippen molar-refractivity contribution in [1.82, 2.24) is 4.90 Å². The Morgan fingerprint density at radius 2 is 1.95 bits per heavy atom. The molecule has 0 bridgehead atoms. The molecule has 1 aromatic carbocycles. The van der Waals surface area contributed by atoms with E-state index in [4.69, 9.17) is 4.74 Å². The van der Waals surface area contributed by atoms with Crippen LogP contribution in [0.3, 0.4) is 0 Å². The number of benzene rings is 1. The highest BCUT2D eigenvalue weighted by Gasteiger charge is 2.33. The summed E-state index contributed by atoms with van der Waals surface area (Å²) in [4.78, 5) is 13.7. The molecule has 1 saturated carbocycles. The standard InChI is InChI=1S/C16H22BrNO3/c1-18(12-16(20)9-2-3-10-16)15(19)8-11-21-14-6-4-13(17)5-7-14/h4-7,20H,2-3,8-12H2,1H3. The van der Waals surface area contributed by atoms with Crippen molar-refractivity contribution in [2.45, 2.75) is 37.7 Å². The number of nitrogens with zero attached hydrogens (tertiary/aromatic N) is 1. The van der Waals surface area contributed by atoms with Crippen LogP contribution in [0.5, 0.6) is 5.75 Å². The Balaban J connectivity index is 1.72. The molecule has 0 heterocycles. The van der Waals surface area contributed by atoms with Crippen molar-refractivity contribution in [1.29, 1.82) is 0 Å². The van der Waals surface area contributed by atoms with Gasteiger partial charge in [-0.3, -0.25) is 4.79 Å².